The number of aromatic nitrogens is 5. The Morgan fingerprint density at radius 2 is 2.04 bits per heavy atom. The Kier molecular flexibility index (Phi) is 5.96. The molecule has 0 fully saturated rings. The molecule has 0 unspecified atom stereocenters. The number of benzene rings is 1. The second-order valence-corrected chi connectivity index (χ2v) is 6.67. The number of rotatable bonds is 7. The highest BCUT2D eigenvalue weighted by molar-refractivity contribution is 8.00. The second-order valence-electron chi connectivity index (χ2n) is 5.50. The molecule has 26 heavy (non-hydrogen) atoms. The molecule has 0 bridgehead atoms. The Balaban J connectivity index is 1.82. The molecule has 2 aromatic heterocycles. The zero-order valence-electron chi connectivity index (χ0n) is 14.6. The van der Waals surface area contributed by atoms with Gasteiger partial charge in [-0.3, -0.25) is 9.78 Å². The van der Waals surface area contributed by atoms with Crippen LogP contribution in [-0.2, 0) is 23.0 Å². The summed E-state index contributed by atoms with van der Waals surface area (Å²) in [6.45, 7) is 2.14. The highest BCUT2D eigenvalue weighted by Gasteiger charge is 2.25. The summed E-state index contributed by atoms with van der Waals surface area (Å²) in [7, 11) is 1.84. The van der Waals surface area contributed by atoms with Gasteiger partial charge in [-0.25, -0.2) is 4.98 Å². The summed E-state index contributed by atoms with van der Waals surface area (Å²) in [4.78, 5) is 20.7. The maximum absolute atomic E-state index is 12.4. The topological polar surface area (TPSA) is 82.8 Å². The van der Waals surface area contributed by atoms with E-state index in [1.165, 1.54) is 11.8 Å². The van der Waals surface area contributed by atoms with Gasteiger partial charge in [0.1, 0.15) is 10.9 Å². The molecule has 3 aromatic rings. The molecule has 8 heteroatoms. The van der Waals surface area contributed by atoms with Gasteiger partial charge in [0.25, 0.3) is 0 Å². The smallest absolute Gasteiger partial charge is 0.319 e. The van der Waals surface area contributed by atoms with Crippen molar-refractivity contribution in [2.24, 2.45) is 7.05 Å². The van der Waals surface area contributed by atoms with Gasteiger partial charge < -0.3 is 9.30 Å². The van der Waals surface area contributed by atoms with E-state index in [1.807, 2.05) is 41.9 Å². The molecule has 0 radical (unpaired) electrons. The van der Waals surface area contributed by atoms with Crippen molar-refractivity contribution in [1.82, 2.24) is 24.7 Å². The first-order valence-electron chi connectivity index (χ1n) is 8.22. The molecule has 1 aromatic carbocycles. The molecule has 0 saturated heterocycles. The largest absolute Gasteiger partial charge is 0.465 e. The van der Waals surface area contributed by atoms with E-state index in [0.29, 0.717) is 29.7 Å². The molecular weight excluding hydrogens is 350 g/mol. The zero-order valence-corrected chi connectivity index (χ0v) is 15.4. The van der Waals surface area contributed by atoms with E-state index in [2.05, 4.69) is 20.2 Å². The number of carbonyl (C=O) groups excluding carboxylic acids is 1. The fourth-order valence-electron chi connectivity index (χ4n) is 2.42. The van der Waals surface area contributed by atoms with Crippen LogP contribution in [-0.4, -0.2) is 42.6 Å². The van der Waals surface area contributed by atoms with Gasteiger partial charge in [-0.15, -0.1) is 10.2 Å². The molecule has 0 aliphatic heterocycles. The third-order valence-corrected chi connectivity index (χ3v) is 4.90. The molecular formula is C18H19N5O2S. The molecule has 7 nitrogen and oxygen atoms in total. The summed E-state index contributed by atoms with van der Waals surface area (Å²) in [6.07, 6.45) is 5.39. The van der Waals surface area contributed by atoms with E-state index in [0.717, 1.165) is 5.56 Å². The summed E-state index contributed by atoms with van der Waals surface area (Å²) in [6, 6.07) is 9.85. The van der Waals surface area contributed by atoms with Crippen LogP contribution >= 0.6 is 11.8 Å². The normalized spacial score (nSPS) is 11.9. The fraction of sp³-hybridized carbons (Fsp3) is 0.278. The third-order valence-electron chi connectivity index (χ3n) is 3.69. The van der Waals surface area contributed by atoms with Gasteiger partial charge in [0.2, 0.25) is 0 Å². The number of hydrogen-bond acceptors (Lipinski definition) is 7. The predicted octanol–water partition coefficient (Wildman–Crippen LogP) is 2.54. The minimum atomic E-state index is -0.407. The molecule has 0 amide bonds. The van der Waals surface area contributed by atoms with Crippen LogP contribution in [0.2, 0.25) is 0 Å². The van der Waals surface area contributed by atoms with Gasteiger partial charge in [0.15, 0.2) is 11.0 Å². The van der Waals surface area contributed by atoms with Gasteiger partial charge in [0.05, 0.1) is 12.8 Å². The van der Waals surface area contributed by atoms with Gasteiger partial charge in [-0.2, -0.15) is 0 Å². The Hall–Kier alpha value is -2.74. The molecule has 2 heterocycles. The first-order chi connectivity index (χ1) is 12.7. The summed E-state index contributed by atoms with van der Waals surface area (Å²) in [5, 5.41) is 8.62. The van der Waals surface area contributed by atoms with Crippen molar-refractivity contribution in [2.45, 2.75) is 23.8 Å². The second kappa shape index (κ2) is 8.57. The number of thioether (sulfide) groups is 1. The SMILES string of the molecule is CCOC(=O)[C@H](Cc1ccccc1)Sc1nnc(-c2cnccn2)n1C. The Morgan fingerprint density at radius 1 is 1.23 bits per heavy atom. The quantitative estimate of drug-likeness (QED) is 0.467. The van der Waals surface area contributed by atoms with Crippen molar-refractivity contribution >= 4 is 17.7 Å². The van der Waals surface area contributed by atoms with Crippen LogP contribution < -0.4 is 0 Å². The molecule has 1 atom stereocenters. The minimum Gasteiger partial charge on any atom is -0.465 e. The summed E-state index contributed by atoms with van der Waals surface area (Å²) < 4.78 is 7.05. The molecule has 0 aliphatic carbocycles. The van der Waals surface area contributed by atoms with E-state index >= 15 is 0 Å². The highest BCUT2D eigenvalue weighted by atomic mass is 32.2. The van der Waals surface area contributed by atoms with Crippen LogP contribution in [0.25, 0.3) is 11.5 Å². The highest BCUT2D eigenvalue weighted by Crippen LogP contribution is 2.27. The van der Waals surface area contributed by atoms with Crippen LogP contribution in [0.4, 0.5) is 0 Å². The predicted molar refractivity (Wildman–Crippen MR) is 98.5 cm³/mol. The zero-order chi connectivity index (χ0) is 18.4. The molecule has 0 N–H and O–H groups in total. The van der Waals surface area contributed by atoms with Crippen LogP contribution in [0, 0.1) is 0 Å². The van der Waals surface area contributed by atoms with E-state index in [-0.39, 0.29) is 5.97 Å². The number of ether oxygens (including phenoxy) is 1. The van der Waals surface area contributed by atoms with Crippen LogP contribution in [0.3, 0.4) is 0 Å². The maximum atomic E-state index is 12.4. The Labute approximate surface area is 155 Å². The number of hydrogen-bond donors (Lipinski definition) is 0. The van der Waals surface area contributed by atoms with E-state index < -0.39 is 5.25 Å². The van der Waals surface area contributed by atoms with Crippen molar-refractivity contribution in [2.75, 3.05) is 6.61 Å². The minimum absolute atomic E-state index is 0.259. The lowest BCUT2D eigenvalue weighted by molar-refractivity contribution is -0.142. The average Bonchev–Trinajstić information content (AvgIpc) is 3.03. The summed E-state index contributed by atoms with van der Waals surface area (Å²) >= 11 is 1.34. The van der Waals surface area contributed by atoms with Crippen molar-refractivity contribution < 1.29 is 9.53 Å². The van der Waals surface area contributed by atoms with Crippen molar-refractivity contribution in [3.8, 4) is 11.5 Å². The monoisotopic (exact) mass is 369 g/mol. The van der Waals surface area contributed by atoms with E-state index in [4.69, 9.17) is 4.74 Å². The first kappa shape index (κ1) is 18.1. The summed E-state index contributed by atoms with van der Waals surface area (Å²) in [5.74, 6) is 0.341. The van der Waals surface area contributed by atoms with Crippen molar-refractivity contribution in [3.63, 3.8) is 0 Å². The van der Waals surface area contributed by atoms with Crippen LogP contribution in [0.1, 0.15) is 12.5 Å². The summed E-state index contributed by atoms with van der Waals surface area (Å²) in [5.41, 5.74) is 1.69. The third kappa shape index (κ3) is 4.26. The van der Waals surface area contributed by atoms with Gasteiger partial charge in [0, 0.05) is 19.4 Å². The lowest BCUT2D eigenvalue weighted by Gasteiger charge is -2.15. The Morgan fingerprint density at radius 3 is 2.73 bits per heavy atom. The van der Waals surface area contributed by atoms with Gasteiger partial charge in [-0.1, -0.05) is 42.1 Å². The molecule has 0 aliphatic rings. The average molecular weight is 369 g/mol. The van der Waals surface area contributed by atoms with Crippen LogP contribution in [0.15, 0.2) is 54.1 Å². The lowest BCUT2D eigenvalue weighted by atomic mass is 10.1. The number of carbonyl (C=O) groups is 1. The number of nitrogens with zero attached hydrogens (tertiary/aromatic N) is 5. The first-order valence-corrected chi connectivity index (χ1v) is 9.10. The van der Waals surface area contributed by atoms with Crippen molar-refractivity contribution in [3.05, 3.63) is 54.5 Å². The molecule has 0 spiro atoms. The Bertz CT molecular complexity index is 855. The molecule has 134 valence electrons. The molecule has 0 saturated carbocycles. The number of esters is 1. The van der Waals surface area contributed by atoms with E-state index in [9.17, 15) is 4.79 Å². The maximum Gasteiger partial charge on any atom is 0.319 e. The fourth-order valence-corrected chi connectivity index (χ4v) is 3.45. The van der Waals surface area contributed by atoms with Crippen LogP contribution in [0.5, 0.6) is 0 Å². The lowest BCUT2D eigenvalue weighted by Crippen LogP contribution is -2.23. The van der Waals surface area contributed by atoms with Gasteiger partial charge >= 0.3 is 5.97 Å². The standard InChI is InChI=1S/C18H19N5O2S/c1-3-25-17(24)15(11-13-7-5-4-6-8-13)26-18-22-21-16(23(18)2)14-12-19-9-10-20-14/h4-10,12,15H,3,11H2,1-2H3/t15-/m0/s1. The van der Waals surface area contributed by atoms with E-state index in [1.54, 1.807) is 25.5 Å². The molecule has 3 rings (SSSR count). The van der Waals surface area contributed by atoms with Crippen molar-refractivity contribution in [1.29, 1.82) is 0 Å². The van der Waals surface area contributed by atoms with Gasteiger partial charge in [-0.05, 0) is 18.9 Å².